The number of pyridine rings is 1. The summed E-state index contributed by atoms with van der Waals surface area (Å²) in [6.45, 7) is 13.1. The quantitative estimate of drug-likeness (QED) is 0.760. The topological polar surface area (TPSA) is 22.1 Å². The fourth-order valence-electron chi connectivity index (χ4n) is 1.15. The van der Waals surface area contributed by atoms with Crippen LogP contribution >= 0.6 is 0 Å². The van der Waals surface area contributed by atoms with Crippen molar-refractivity contribution in [1.29, 1.82) is 0 Å². The second-order valence-corrected chi connectivity index (χ2v) is 10.7. The Hall–Kier alpha value is -0.743. The molecule has 2 nitrogen and oxygen atoms in total. The van der Waals surface area contributed by atoms with Crippen molar-refractivity contribution in [2.75, 3.05) is 0 Å². The highest BCUT2D eigenvalue weighted by atomic mass is 28.4. The van der Waals surface area contributed by atoms with Gasteiger partial charge in [0.2, 0.25) is 0 Å². The normalized spacial score (nSPS) is 12.9. The molecule has 0 saturated heterocycles. The summed E-state index contributed by atoms with van der Waals surface area (Å²) in [5, 5.41) is 0.183. The number of halogens is 1. The Morgan fingerprint density at radius 3 is 2.35 bits per heavy atom. The number of rotatable bonds is 3. The summed E-state index contributed by atoms with van der Waals surface area (Å²) >= 11 is 0. The zero-order chi connectivity index (χ0) is 13.3. The van der Waals surface area contributed by atoms with Gasteiger partial charge in [0, 0.05) is 0 Å². The smallest absolute Gasteiger partial charge is 0.192 e. The Morgan fingerprint density at radius 2 is 1.88 bits per heavy atom. The Balaban J connectivity index is 2.71. The van der Waals surface area contributed by atoms with E-state index >= 15 is 0 Å². The first kappa shape index (κ1) is 14.3. The zero-order valence-corrected chi connectivity index (χ0v) is 12.6. The van der Waals surface area contributed by atoms with Crippen LogP contribution in [-0.4, -0.2) is 13.3 Å². The predicted molar refractivity (Wildman–Crippen MR) is 70.9 cm³/mol. The van der Waals surface area contributed by atoms with Crippen molar-refractivity contribution in [3.8, 4) is 0 Å². The predicted octanol–water partition coefficient (Wildman–Crippen LogP) is 4.05. The summed E-state index contributed by atoms with van der Waals surface area (Å²) in [6.07, 6.45) is 0. The van der Waals surface area contributed by atoms with Gasteiger partial charge in [-0.1, -0.05) is 20.8 Å². The number of hydrogen-bond acceptors (Lipinski definition) is 2. The molecule has 0 unspecified atom stereocenters. The van der Waals surface area contributed by atoms with E-state index in [9.17, 15) is 4.39 Å². The number of nitrogens with zero attached hydrogens (tertiary/aromatic N) is 1. The SMILES string of the molecule is Cc1nc(CO[Si](C)(C)C(C)(C)C)ccc1F. The van der Waals surface area contributed by atoms with E-state index in [0.717, 1.165) is 5.69 Å². The third-order valence-corrected chi connectivity index (χ3v) is 7.94. The maximum Gasteiger partial charge on any atom is 0.192 e. The van der Waals surface area contributed by atoms with Crippen LogP contribution in [0.5, 0.6) is 0 Å². The van der Waals surface area contributed by atoms with Crippen LogP contribution in [0, 0.1) is 12.7 Å². The lowest BCUT2D eigenvalue weighted by Crippen LogP contribution is -2.40. The van der Waals surface area contributed by atoms with Gasteiger partial charge in [-0.25, -0.2) is 4.39 Å². The van der Waals surface area contributed by atoms with Crippen molar-refractivity contribution < 1.29 is 8.82 Å². The third kappa shape index (κ3) is 3.61. The summed E-state index contributed by atoms with van der Waals surface area (Å²) in [4.78, 5) is 4.18. The van der Waals surface area contributed by atoms with Crippen LogP contribution in [0.4, 0.5) is 4.39 Å². The van der Waals surface area contributed by atoms with Crippen LogP contribution in [0.2, 0.25) is 18.1 Å². The monoisotopic (exact) mass is 255 g/mol. The molecule has 1 aromatic heterocycles. The first-order valence-corrected chi connectivity index (χ1v) is 8.80. The molecule has 0 aliphatic rings. The van der Waals surface area contributed by atoms with Crippen molar-refractivity contribution in [3.63, 3.8) is 0 Å². The maximum absolute atomic E-state index is 13.1. The lowest BCUT2D eigenvalue weighted by atomic mass is 10.2. The highest BCUT2D eigenvalue weighted by Gasteiger charge is 2.37. The van der Waals surface area contributed by atoms with Crippen LogP contribution in [-0.2, 0) is 11.0 Å². The zero-order valence-electron chi connectivity index (χ0n) is 11.6. The van der Waals surface area contributed by atoms with Gasteiger partial charge in [0.25, 0.3) is 0 Å². The summed E-state index contributed by atoms with van der Waals surface area (Å²) < 4.78 is 19.1. The first-order valence-electron chi connectivity index (χ1n) is 5.89. The van der Waals surface area contributed by atoms with Gasteiger partial charge in [-0.3, -0.25) is 4.98 Å². The fraction of sp³-hybridized carbons (Fsp3) is 0.615. The molecule has 0 aliphatic heterocycles. The second-order valence-electron chi connectivity index (χ2n) is 5.92. The maximum atomic E-state index is 13.1. The van der Waals surface area contributed by atoms with Crippen LogP contribution in [0.15, 0.2) is 12.1 Å². The van der Waals surface area contributed by atoms with Crippen LogP contribution in [0.1, 0.15) is 32.2 Å². The molecule has 1 rings (SSSR count). The average molecular weight is 255 g/mol. The minimum atomic E-state index is -1.75. The van der Waals surface area contributed by atoms with Crippen molar-refractivity contribution in [1.82, 2.24) is 4.98 Å². The van der Waals surface area contributed by atoms with E-state index in [0.29, 0.717) is 12.3 Å². The molecule has 0 spiro atoms. The molecule has 0 N–H and O–H groups in total. The minimum absolute atomic E-state index is 0.183. The molecule has 0 aliphatic carbocycles. The fourth-order valence-corrected chi connectivity index (χ4v) is 2.09. The van der Waals surface area contributed by atoms with Crippen molar-refractivity contribution in [3.05, 3.63) is 29.3 Å². The molecule has 0 atom stereocenters. The molecule has 17 heavy (non-hydrogen) atoms. The van der Waals surface area contributed by atoms with Crippen molar-refractivity contribution in [2.24, 2.45) is 0 Å². The molecule has 0 saturated carbocycles. The summed E-state index contributed by atoms with van der Waals surface area (Å²) in [5.41, 5.74) is 1.23. The summed E-state index contributed by atoms with van der Waals surface area (Å²) in [5.74, 6) is -0.263. The van der Waals surface area contributed by atoms with Gasteiger partial charge in [0.15, 0.2) is 8.32 Å². The van der Waals surface area contributed by atoms with Crippen molar-refractivity contribution >= 4 is 8.32 Å². The first-order chi connectivity index (χ1) is 7.63. The molecule has 0 fully saturated rings. The van der Waals surface area contributed by atoms with E-state index < -0.39 is 8.32 Å². The van der Waals surface area contributed by atoms with Crippen LogP contribution in [0.25, 0.3) is 0 Å². The number of aryl methyl sites for hydroxylation is 1. The average Bonchev–Trinajstić information content (AvgIpc) is 2.18. The largest absolute Gasteiger partial charge is 0.411 e. The number of aromatic nitrogens is 1. The van der Waals surface area contributed by atoms with Gasteiger partial charge in [0.05, 0.1) is 18.0 Å². The summed E-state index contributed by atoms with van der Waals surface area (Å²) in [6, 6.07) is 3.14. The molecular weight excluding hydrogens is 233 g/mol. The van der Waals surface area contributed by atoms with Gasteiger partial charge in [-0.05, 0) is 37.2 Å². The minimum Gasteiger partial charge on any atom is -0.411 e. The van der Waals surface area contributed by atoms with Crippen LogP contribution < -0.4 is 0 Å². The van der Waals surface area contributed by atoms with E-state index in [1.807, 2.05) is 0 Å². The summed E-state index contributed by atoms with van der Waals surface area (Å²) in [7, 11) is -1.75. The molecule has 0 aromatic carbocycles. The van der Waals surface area contributed by atoms with E-state index in [1.54, 1.807) is 13.0 Å². The van der Waals surface area contributed by atoms with Gasteiger partial charge >= 0.3 is 0 Å². The molecule has 1 heterocycles. The van der Waals surface area contributed by atoms with Crippen LogP contribution in [0.3, 0.4) is 0 Å². The molecule has 0 radical (unpaired) electrons. The van der Waals surface area contributed by atoms with Gasteiger partial charge in [-0.2, -0.15) is 0 Å². The Labute approximate surface area is 104 Å². The lowest BCUT2D eigenvalue weighted by Gasteiger charge is -2.36. The highest BCUT2D eigenvalue weighted by molar-refractivity contribution is 6.74. The standard InChI is InChI=1S/C13H22FNOSi/c1-10-12(14)8-7-11(15-10)9-16-17(5,6)13(2,3)4/h7-8H,9H2,1-6H3. The van der Waals surface area contributed by atoms with E-state index in [-0.39, 0.29) is 10.9 Å². The molecule has 96 valence electrons. The van der Waals surface area contributed by atoms with Gasteiger partial charge < -0.3 is 4.43 Å². The van der Waals surface area contributed by atoms with E-state index in [1.165, 1.54) is 6.07 Å². The van der Waals surface area contributed by atoms with Gasteiger partial charge in [0.1, 0.15) is 5.82 Å². The molecule has 4 heteroatoms. The lowest BCUT2D eigenvalue weighted by molar-refractivity contribution is 0.271. The Kier molecular flexibility index (Phi) is 4.09. The number of hydrogen-bond donors (Lipinski definition) is 0. The second kappa shape index (κ2) is 4.86. The third-order valence-electron chi connectivity index (χ3n) is 3.47. The molecule has 0 amide bonds. The molecule has 1 aromatic rings. The van der Waals surface area contributed by atoms with E-state index in [2.05, 4.69) is 38.8 Å². The molecular formula is C13H22FNOSi. The van der Waals surface area contributed by atoms with Gasteiger partial charge in [-0.15, -0.1) is 0 Å². The Morgan fingerprint density at radius 1 is 1.29 bits per heavy atom. The Bertz CT molecular complexity index is 399. The highest BCUT2D eigenvalue weighted by Crippen LogP contribution is 2.36. The van der Waals surface area contributed by atoms with E-state index in [4.69, 9.17) is 4.43 Å². The van der Waals surface area contributed by atoms with Crippen molar-refractivity contribution in [2.45, 2.75) is 52.4 Å². The molecule has 0 bridgehead atoms.